The van der Waals surface area contributed by atoms with Gasteiger partial charge in [-0.05, 0) is 12.2 Å². The summed E-state index contributed by atoms with van der Waals surface area (Å²) in [4.78, 5) is 10.8. The Hall–Kier alpha value is -2.23. The zero-order valence-corrected chi connectivity index (χ0v) is 11.0. The zero-order valence-electron chi connectivity index (χ0n) is 10.2. The molecule has 2 N–H and O–H groups in total. The molecule has 0 unspecified atom stereocenters. The molecule has 0 aromatic rings. The van der Waals surface area contributed by atoms with E-state index in [1.807, 2.05) is 30.8 Å². The Kier molecular flexibility index (Phi) is 3.23. The molecule has 0 bridgehead atoms. The zero-order chi connectivity index (χ0) is 13.1. The summed E-state index contributed by atoms with van der Waals surface area (Å²) in [6.45, 7) is 4.64. The van der Waals surface area contributed by atoms with Crippen molar-refractivity contribution in [3.05, 3.63) is 64.1 Å². The van der Waals surface area contributed by atoms with Crippen LogP contribution < -0.4 is 10.6 Å². The summed E-state index contributed by atoms with van der Waals surface area (Å²) >= 11 is 1.60. The van der Waals surface area contributed by atoms with Gasteiger partial charge in [0.1, 0.15) is 5.84 Å². The number of allylic oxidation sites excluding steroid dienone is 2. The second-order valence-corrected chi connectivity index (χ2v) is 5.19. The van der Waals surface area contributed by atoms with Crippen molar-refractivity contribution < 1.29 is 0 Å². The Morgan fingerprint density at radius 2 is 2.21 bits per heavy atom. The fourth-order valence-corrected chi connectivity index (χ4v) is 2.62. The van der Waals surface area contributed by atoms with E-state index in [0.29, 0.717) is 6.54 Å². The van der Waals surface area contributed by atoms with Crippen LogP contribution in [0.15, 0.2) is 74.1 Å². The Morgan fingerprint density at radius 1 is 1.32 bits per heavy atom. The second-order valence-electron chi connectivity index (χ2n) is 4.02. The van der Waals surface area contributed by atoms with Crippen LogP contribution >= 0.6 is 11.8 Å². The maximum atomic E-state index is 4.58. The molecular formula is C14H12N4S. The van der Waals surface area contributed by atoms with Crippen molar-refractivity contribution >= 4 is 23.8 Å². The van der Waals surface area contributed by atoms with Crippen molar-refractivity contribution in [2.45, 2.75) is 0 Å². The number of nitrogens with one attached hydrogen (secondary N) is 2. The number of rotatable bonds is 0. The molecule has 0 aliphatic carbocycles. The lowest BCUT2D eigenvalue weighted by atomic mass is 10.2. The van der Waals surface area contributed by atoms with Crippen LogP contribution in [0.5, 0.6) is 0 Å². The molecular weight excluding hydrogens is 256 g/mol. The minimum absolute atomic E-state index is 0.570. The summed E-state index contributed by atoms with van der Waals surface area (Å²) in [5, 5.41) is 6.31. The van der Waals surface area contributed by atoms with Gasteiger partial charge in [0, 0.05) is 34.0 Å². The monoisotopic (exact) mass is 268 g/mol. The first-order chi connectivity index (χ1) is 9.33. The molecule has 0 atom stereocenters. The normalized spacial score (nSPS) is 23.7. The fourth-order valence-electron chi connectivity index (χ4n) is 1.79. The van der Waals surface area contributed by atoms with Gasteiger partial charge in [0.15, 0.2) is 0 Å². The fraction of sp³-hybridized carbons (Fsp3) is 0.0714. The molecule has 0 spiro atoms. The van der Waals surface area contributed by atoms with Crippen molar-refractivity contribution in [3.63, 3.8) is 0 Å². The van der Waals surface area contributed by atoms with Crippen LogP contribution in [0.25, 0.3) is 0 Å². The van der Waals surface area contributed by atoms with Gasteiger partial charge in [-0.25, -0.2) is 0 Å². The third-order valence-corrected chi connectivity index (χ3v) is 3.64. The molecule has 0 aromatic heterocycles. The van der Waals surface area contributed by atoms with E-state index in [4.69, 9.17) is 0 Å². The number of amidine groups is 1. The van der Waals surface area contributed by atoms with Gasteiger partial charge in [-0.2, -0.15) is 0 Å². The molecule has 4 nitrogen and oxygen atoms in total. The van der Waals surface area contributed by atoms with E-state index in [9.17, 15) is 0 Å². The van der Waals surface area contributed by atoms with Crippen molar-refractivity contribution in [1.82, 2.24) is 10.6 Å². The first-order valence-electron chi connectivity index (χ1n) is 5.81. The average Bonchev–Trinajstić information content (AvgIpc) is 2.59. The number of nitrogens with zero attached hydrogens (tertiary/aromatic N) is 2. The van der Waals surface area contributed by atoms with Gasteiger partial charge >= 0.3 is 0 Å². The quantitative estimate of drug-likeness (QED) is 0.662. The minimum atomic E-state index is 0.570. The van der Waals surface area contributed by atoms with Crippen LogP contribution in [0.1, 0.15) is 0 Å². The van der Waals surface area contributed by atoms with E-state index in [-0.39, 0.29) is 0 Å². The molecule has 0 saturated heterocycles. The smallest absolute Gasteiger partial charge is 0.149 e. The highest BCUT2D eigenvalue weighted by Gasteiger charge is 2.14. The molecule has 0 saturated carbocycles. The molecule has 3 aliphatic heterocycles. The van der Waals surface area contributed by atoms with Gasteiger partial charge in [-0.3, -0.25) is 9.98 Å². The van der Waals surface area contributed by atoms with Gasteiger partial charge in [-0.1, -0.05) is 24.1 Å². The summed E-state index contributed by atoms with van der Waals surface area (Å²) in [5.41, 5.74) is 5.00. The Bertz CT molecular complexity index is 640. The van der Waals surface area contributed by atoms with Crippen molar-refractivity contribution in [1.29, 1.82) is 0 Å². The largest absolute Gasteiger partial charge is 0.357 e. The van der Waals surface area contributed by atoms with Crippen LogP contribution in [0, 0.1) is 0 Å². The van der Waals surface area contributed by atoms with Crippen molar-refractivity contribution in [3.8, 4) is 0 Å². The van der Waals surface area contributed by atoms with E-state index >= 15 is 0 Å². The second kappa shape index (κ2) is 5.18. The molecule has 0 amide bonds. The summed E-state index contributed by atoms with van der Waals surface area (Å²) < 4.78 is 0. The van der Waals surface area contributed by atoms with E-state index in [2.05, 4.69) is 32.9 Å². The standard InChI is InChI=1S/C14H12N4S/c1-10-7-12-14(17-6-5-16-12)18-9-11-8-15-4-2-3-13(11)19-10/h3-8,16H,1,9H2,(H,17,18)/b12-7+. The highest BCUT2D eigenvalue weighted by atomic mass is 32.2. The van der Waals surface area contributed by atoms with Crippen LogP contribution in [0.3, 0.4) is 0 Å². The molecule has 0 aromatic carbocycles. The van der Waals surface area contributed by atoms with Crippen LogP contribution in [-0.2, 0) is 0 Å². The highest BCUT2D eigenvalue weighted by Crippen LogP contribution is 2.30. The Morgan fingerprint density at radius 3 is 3.16 bits per heavy atom. The predicted octanol–water partition coefficient (Wildman–Crippen LogP) is 2.20. The lowest BCUT2D eigenvalue weighted by molar-refractivity contribution is 1.01. The van der Waals surface area contributed by atoms with Gasteiger partial charge in [0.25, 0.3) is 0 Å². The predicted molar refractivity (Wildman–Crippen MR) is 80.7 cm³/mol. The summed E-state index contributed by atoms with van der Waals surface area (Å²) in [7, 11) is 0. The van der Waals surface area contributed by atoms with E-state index in [1.54, 1.807) is 18.0 Å². The number of thioether (sulfide) groups is 1. The van der Waals surface area contributed by atoms with E-state index in [1.165, 1.54) is 0 Å². The van der Waals surface area contributed by atoms with Crippen molar-refractivity contribution in [2.24, 2.45) is 9.98 Å². The molecule has 3 heterocycles. The van der Waals surface area contributed by atoms with Crippen LogP contribution in [-0.4, -0.2) is 18.6 Å². The highest BCUT2D eigenvalue weighted by molar-refractivity contribution is 8.07. The van der Waals surface area contributed by atoms with Gasteiger partial charge in [0.05, 0.1) is 18.4 Å². The third kappa shape index (κ3) is 2.62. The molecule has 3 aliphatic rings. The van der Waals surface area contributed by atoms with Crippen molar-refractivity contribution in [2.75, 3.05) is 6.54 Å². The number of aliphatic imine (C=N–C) groups is 2. The SMILES string of the molecule is C=C1/C=C2/NC=CNC2=NCC2=C(C=C=CN=C2)S1. The summed E-state index contributed by atoms with van der Waals surface area (Å²) in [6, 6.07) is 0. The van der Waals surface area contributed by atoms with E-state index < -0.39 is 0 Å². The maximum Gasteiger partial charge on any atom is 0.149 e. The molecule has 0 fully saturated rings. The van der Waals surface area contributed by atoms with E-state index in [0.717, 1.165) is 26.9 Å². The minimum Gasteiger partial charge on any atom is -0.357 e. The average molecular weight is 268 g/mol. The number of hydrogen-bond donors (Lipinski definition) is 2. The Labute approximate surface area is 115 Å². The van der Waals surface area contributed by atoms with Gasteiger partial charge in [-0.15, -0.1) is 0 Å². The summed E-state index contributed by atoms with van der Waals surface area (Å²) in [6.07, 6.45) is 11.0. The topological polar surface area (TPSA) is 48.8 Å². The molecule has 19 heavy (non-hydrogen) atoms. The summed E-state index contributed by atoms with van der Waals surface area (Å²) in [5.74, 6) is 0.813. The first-order valence-corrected chi connectivity index (χ1v) is 6.63. The molecule has 94 valence electrons. The van der Waals surface area contributed by atoms with Gasteiger partial charge < -0.3 is 10.6 Å². The number of hydrogen-bond acceptors (Lipinski definition) is 5. The molecule has 0 radical (unpaired) electrons. The lowest BCUT2D eigenvalue weighted by Gasteiger charge is -2.15. The van der Waals surface area contributed by atoms with Crippen LogP contribution in [0.2, 0.25) is 0 Å². The Balaban J connectivity index is 2.03. The van der Waals surface area contributed by atoms with Gasteiger partial charge in [0.2, 0.25) is 0 Å². The first kappa shape index (κ1) is 11.8. The molecule has 5 heteroatoms. The lowest BCUT2D eigenvalue weighted by Crippen LogP contribution is -2.31. The van der Waals surface area contributed by atoms with Crippen LogP contribution in [0.4, 0.5) is 0 Å². The maximum absolute atomic E-state index is 4.58. The third-order valence-electron chi connectivity index (χ3n) is 2.66. The number of fused-ring (bicyclic) bond motifs is 1. The molecule has 3 rings (SSSR count).